The Labute approximate surface area is 119 Å². The molecule has 1 atom stereocenters. The van der Waals surface area contributed by atoms with E-state index in [2.05, 4.69) is 0 Å². The highest BCUT2D eigenvalue weighted by molar-refractivity contribution is 7.89. The van der Waals surface area contributed by atoms with E-state index >= 15 is 0 Å². The van der Waals surface area contributed by atoms with Gasteiger partial charge in [0.1, 0.15) is 0 Å². The van der Waals surface area contributed by atoms with E-state index in [0.29, 0.717) is 13.0 Å². The van der Waals surface area contributed by atoms with Crippen LogP contribution >= 0.6 is 0 Å². The van der Waals surface area contributed by atoms with Gasteiger partial charge in [-0.3, -0.25) is 0 Å². The van der Waals surface area contributed by atoms with Gasteiger partial charge in [-0.05, 0) is 37.6 Å². The molecule has 1 aromatic carbocycles. The molecule has 114 valence electrons. The van der Waals surface area contributed by atoms with E-state index in [1.807, 2.05) is 6.92 Å². The minimum Gasteiger partial charge on any atom is -0.207 e. The van der Waals surface area contributed by atoms with Gasteiger partial charge in [0.2, 0.25) is 10.0 Å². The molecule has 0 radical (unpaired) electrons. The van der Waals surface area contributed by atoms with Crippen molar-refractivity contribution in [3.63, 3.8) is 0 Å². The van der Waals surface area contributed by atoms with Crippen LogP contribution in [0, 0.1) is 0 Å². The topological polar surface area (TPSA) is 71.5 Å². The summed E-state index contributed by atoms with van der Waals surface area (Å²) in [5.41, 5.74) is 0. The maximum atomic E-state index is 12.8. The molecule has 0 N–H and O–H groups in total. The summed E-state index contributed by atoms with van der Waals surface area (Å²) in [6, 6.07) is 3.94. The number of halogens is 1. The van der Waals surface area contributed by atoms with Crippen molar-refractivity contribution in [2.24, 2.45) is 0 Å². The number of hydrogen-bond acceptors (Lipinski definition) is 4. The van der Waals surface area contributed by atoms with Crippen molar-refractivity contribution in [3.8, 4) is 0 Å². The lowest BCUT2D eigenvalue weighted by atomic mass is 10.3. The van der Waals surface area contributed by atoms with E-state index in [1.165, 1.54) is 4.31 Å². The normalized spacial score (nSPS) is 14.4. The molecule has 1 rings (SSSR count). The zero-order valence-corrected chi connectivity index (χ0v) is 13.2. The summed E-state index contributed by atoms with van der Waals surface area (Å²) >= 11 is 0. The Morgan fingerprint density at radius 3 is 1.85 bits per heavy atom. The molecule has 0 aliphatic heterocycles. The van der Waals surface area contributed by atoms with Gasteiger partial charge in [-0.2, -0.15) is 12.7 Å². The zero-order valence-electron chi connectivity index (χ0n) is 11.6. The summed E-state index contributed by atoms with van der Waals surface area (Å²) < 4.78 is 60.3. The summed E-state index contributed by atoms with van der Waals surface area (Å²) in [6.07, 6.45) is 0.657. The summed E-state index contributed by atoms with van der Waals surface area (Å²) in [7, 11) is -8.53. The van der Waals surface area contributed by atoms with Crippen molar-refractivity contribution in [2.45, 2.75) is 43.0 Å². The fraction of sp³-hybridized carbons (Fsp3) is 0.500. The van der Waals surface area contributed by atoms with Gasteiger partial charge in [-0.25, -0.2) is 8.42 Å². The molecule has 0 saturated heterocycles. The Morgan fingerprint density at radius 2 is 1.50 bits per heavy atom. The second-order valence-electron chi connectivity index (χ2n) is 4.37. The van der Waals surface area contributed by atoms with E-state index in [-0.39, 0.29) is 10.9 Å². The first-order valence-electron chi connectivity index (χ1n) is 6.21. The monoisotopic (exact) mass is 323 g/mol. The van der Waals surface area contributed by atoms with Gasteiger partial charge in [0.25, 0.3) is 0 Å². The quantitative estimate of drug-likeness (QED) is 0.752. The van der Waals surface area contributed by atoms with Crippen molar-refractivity contribution >= 4 is 20.2 Å². The largest absolute Gasteiger partial charge is 0.332 e. The van der Waals surface area contributed by atoms with Crippen LogP contribution in [0.2, 0.25) is 0 Å². The van der Waals surface area contributed by atoms with Crippen LogP contribution in [0.15, 0.2) is 34.1 Å². The van der Waals surface area contributed by atoms with Crippen molar-refractivity contribution < 1.29 is 20.7 Å². The van der Waals surface area contributed by atoms with E-state index in [4.69, 9.17) is 0 Å². The maximum absolute atomic E-state index is 12.8. The Kier molecular flexibility index (Phi) is 5.28. The van der Waals surface area contributed by atoms with E-state index in [0.717, 1.165) is 24.3 Å². The van der Waals surface area contributed by atoms with Gasteiger partial charge >= 0.3 is 10.2 Å². The smallest absolute Gasteiger partial charge is 0.207 e. The lowest BCUT2D eigenvalue weighted by molar-refractivity contribution is 0.342. The lowest BCUT2D eigenvalue weighted by Gasteiger charge is -2.26. The number of sulfonamides is 1. The molecule has 0 fully saturated rings. The molecule has 1 aromatic rings. The SMILES string of the molecule is CCC(C)N(CC)S(=O)(=O)c1ccc(S(=O)(=O)F)cc1. The van der Waals surface area contributed by atoms with Gasteiger partial charge in [-0.1, -0.05) is 13.8 Å². The van der Waals surface area contributed by atoms with Gasteiger partial charge in [0, 0.05) is 12.6 Å². The molecule has 0 aliphatic carbocycles. The second-order valence-corrected chi connectivity index (χ2v) is 7.61. The summed E-state index contributed by atoms with van der Waals surface area (Å²) in [5, 5.41) is 0. The predicted molar refractivity (Wildman–Crippen MR) is 74.1 cm³/mol. The van der Waals surface area contributed by atoms with Crippen LogP contribution in [0.5, 0.6) is 0 Å². The summed E-state index contributed by atoms with van der Waals surface area (Å²) in [4.78, 5) is -0.602. The maximum Gasteiger partial charge on any atom is 0.332 e. The molecular weight excluding hydrogens is 305 g/mol. The third kappa shape index (κ3) is 3.56. The average Bonchev–Trinajstić information content (AvgIpc) is 2.38. The van der Waals surface area contributed by atoms with Crippen molar-refractivity contribution in [1.29, 1.82) is 0 Å². The van der Waals surface area contributed by atoms with E-state index in [9.17, 15) is 20.7 Å². The molecule has 0 heterocycles. The van der Waals surface area contributed by atoms with Crippen molar-refractivity contribution in [2.75, 3.05) is 6.54 Å². The predicted octanol–water partition coefficient (Wildman–Crippen LogP) is 2.15. The van der Waals surface area contributed by atoms with Crippen LogP contribution in [0.25, 0.3) is 0 Å². The lowest BCUT2D eigenvalue weighted by Crippen LogP contribution is -2.38. The van der Waals surface area contributed by atoms with Gasteiger partial charge in [-0.15, -0.1) is 3.89 Å². The number of benzene rings is 1. The standard InChI is InChI=1S/C12H18FNO4S2/c1-4-10(3)14(5-2)20(17,18)12-8-6-11(7-9-12)19(13,15)16/h6-10H,4-5H2,1-3H3. The fourth-order valence-corrected chi connectivity index (χ4v) is 4.01. The Bertz CT molecular complexity index is 653. The molecule has 0 amide bonds. The van der Waals surface area contributed by atoms with Crippen LogP contribution in [0.3, 0.4) is 0 Å². The van der Waals surface area contributed by atoms with Crippen molar-refractivity contribution in [3.05, 3.63) is 24.3 Å². The summed E-state index contributed by atoms with van der Waals surface area (Å²) in [6.45, 7) is 5.70. The first kappa shape index (κ1) is 17.1. The number of hydrogen-bond donors (Lipinski definition) is 0. The molecule has 20 heavy (non-hydrogen) atoms. The first-order chi connectivity index (χ1) is 9.14. The second kappa shape index (κ2) is 6.19. The van der Waals surface area contributed by atoms with Crippen LogP contribution < -0.4 is 0 Å². The molecule has 5 nitrogen and oxygen atoms in total. The van der Waals surface area contributed by atoms with Crippen LogP contribution in [0.4, 0.5) is 3.89 Å². The number of rotatable bonds is 6. The molecule has 0 bridgehead atoms. The molecule has 8 heteroatoms. The Morgan fingerprint density at radius 1 is 1.05 bits per heavy atom. The highest BCUT2D eigenvalue weighted by Gasteiger charge is 2.27. The molecule has 0 saturated carbocycles. The van der Waals surface area contributed by atoms with E-state index < -0.39 is 25.1 Å². The average molecular weight is 323 g/mol. The minimum atomic E-state index is -4.82. The van der Waals surface area contributed by atoms with Gasteiger partial charge in [0.05, 0.1) is 9.79 Å². The highest BCUT2D eigenvalue weighted by atomic mass is 32.3. The molecular formula is C12H18FNO4S2. The third-order valence-corrected chi connectivity index (χ3v) is 6.04. The third-order valence-electron chi connectivity index (χ3n) is 3.11. The highest BCUT2D eigenvalue weighted by Crippen LogP contribution is 2.21. The molecule has 1 unspecified atom stereocenters. The summed E-state index contributed by atoms with van der Waals surface area (Å²) in [5.74, 6) is 0. The Balaban J connectivity index is 3.22. The number of nitrogens with zero attached hydrogens (tertiary/aromatic N) is 1. The molecule has 0 aromatic heterocycles. The van der Waals surface area contributed by atoms with Crippen LogP contribution in [-0.4, -0.2) is 33.7 Å². The van der Waals surface area contributed by atoms with Gasteiger partial charge < -0.3 is 0 Å². The molecule has 0 spiro atoms. The minimum absolute atomic E-state index is 0.0490. The Hall–Kier alpha value is -0.990. The van der Waals surface area contributed by atoms with Crippen LogP contribution in [0.1, 0.15) is 27.2 Å². The van der Waals surface area contributed by atoms with Crippen molar-refractivity contribution in [1.82, 2.24) is 4.31 Å². The fourth-order valence-electron chi connectivity index (χ4n) is 1.83. The zero-order chi connectivity index (χ0) is 15.6. The molecule has 0 aliphatic rings. The van der Waals surface area contributed by atoms with Gasteiger partial charge in [0.15, 0.2) is 0 Å². The van der Waals surface area contributed by atoms with E-state index in [1.54, 1.807) is 13.8 Å². The van der Waals surface area contributed by atoms with Crippen LogP contribution in [-0.2, 0) is 20.2 Å². The first-order valence-corrected chi connectivity index (χ1v) is 9.03.